The lowest BCUT2D eigenvalue weighted by Gasteiger charge is -2.20. The van der Waals surface area contributed by atoms with Crippen LogP contribution in [0.15, 0.2) is 176 Å². The quantitative estimate of drug-likeness (QED) is 0.162. The van der Waals surface area contributed by atoms with Crippen LogP contribution in [0.25, 0.3) is 77.2 Å². The number of aryl methyl sites for hydroxylation is 1. The summed E-state index contributed by atoms with van der Waals surface area (Å²) in [6.45, 7) is 6.94. The van der Waals surface area contributed by atoms with E-state index < -0.39 is 0 Å². The van der Waals surface area contributed by atoms with Crippen LogP contribution < -0.4 is 0 Å². The minimum absolute atomic E-state index is 1.01. The van der Waals surface area contributed by atoms with Gasteiger partial charge in [0.25, 0.3) is 0 Å². The van der Waals surface area contributed by atoms with Crippen molar-refractivity contribution in [2.75, 3.05) is 0 Å². The van der Waals surface area contributed by atoms with Crippen LogP contribution in [0.1, 0.15) is 29.5 Å². The molecule has 232 valence electrons. The molecule has 0 amide bonds. The van der Waals surface area contributed by atoms with Crippen molar-refractivity contribution >= 4 is 32.7 Å². The van der Waals surface area contributed by atoms with Gasteiger partial charge in [-0.1, -0.05) is 152 Å². The van der Waals surface area contributed by atoms with Crippen LogP contribution in [0.4, 0.5) is 0 Å². The Balaban J connectivity index is 1.34. The van der Waals surface area contributed by atoms with Crippen molar-refractivity contribution in [2.24, 2.45) is 0 Å². The molecule has 0 unspecified atom stereocenters. The van der Waals surface area contributed by atoms with Gasteiger partial charge in [-0.15, -0.1) is 0 Å². The van der Waals surface area contributed by atoms with E-state index in [0.717, 1.165) is 24.0 Å². The summed E-state index contributed by atoms with van der Waals surface area (Å²) in [4.78, 5) is 0. The van der Waals surface area contributed by atoms with Crippen LogP contribution in [-0.2, 0) is 0 Å². The molecule has 9 rings (SSSR count). The largest absolute Gasteiger partial charge is 0.0911 e. The fourth-order valence-corrected chi connectivity index (χ4v) is 8.07. The Hall–Kier alpha value is -5.98. The first-order valence-electron chi connectivity index (χ1n) is 17.3. The van der Waals surface area contributed by atoms with Gasteiger partial charge >= 0.3 is 0 Å². The van der Waals surface area contributed by atoms with Gasteiger partial charge in [0, 0.05) is 0 Å². The first-order chi connectivity index (χ1) is 24.2. The van der Waals surface area contributed by atoms with E-state index in [-0.39, 0.29) is 0 Å². The lowest BCUT2D eigenvalue weighted by Crippen LogP contribution is -1.95. The highest BCUT2D eigenvalue weighted by atomic mass is 14.3. The Kier molecular flexibility index (Phi) is 7.10. The van der Waals surface area contributed by atoms with E-state index in [0.29, 0.717) is 0 Å². The smallest absolute Gasteiger partial charge is 0.000720 e. The minimum atomic E-state index is 1.01. The second-order valence-corrected chi connectivity index (χ2v) is 13.2. The molecule has 7 aromatic rings. The second kappa shape index (κ2) is 11.9. The van der Waals surface area contributed by atoms with Crippen molar-refractivity contribution in [2.45, 2.75) is 19.8 Å². The highest BCUT2D eigenvalue weighted by Gasteiger charge is 2.31. The molecule has 0 aliphatic heterocycles. The molecule has 0 bridgehead atoms. The molecule has 0 nitrogen and oxygen atoms in total. The minimum Gasteiger partial charge on any atom is -0.0911 e. The monoisotopic (exact) mass is 624 g/mol. The standard InChI is InChI=1S/C49H36/c1-32-17-12-13-25-39(32)43(34-18-6-3-7-19-34)29-33(2)38-30-37-24-16-28-42-45(37)44(31-38)49-47(36-22-10-5-11-23-36)41-27-15-14-26-40(41)46(48(42)49)35-20-8-4-9-21-35/h4-6,8-31H,2-3,7H2,1H3/b43-29-. The lowest BCUT2D eigenvalue weighted by atomic mass is 9.82. The zero-order chi connectivity index (χ0) is 32.9. The summed E-state index contributed by atoms with van der Waals surface area (Å²) in [5.74, 6) is 0. The average molecular weight is 625 g/mol. The average Bonchev–Trinajstić information content (AvgIpc) is 3.48. The van der Waals surface area contributed by atoms with E-state index in [2.05, 4.69) is 171 Å². The maximum Gasteiger partial charge on any atom is -0.000720 e. The third-order valence-corrected chi connectivity index (χ3v) is 10.3. The van der Waals surface area contributed by atoms with Gasteiger partial charge in [0.05, 0.1) is 0 Å². The van der Waals surface area contributed by atoms with Crippen molar-refractivity contribution in [1.29, 1.82) is 0 Å². The van der Waals surface area contributed by atoms with Gasteiger partial charge < -0.3 is 0 Å². The van der Waals surface area contributed by atoms with E-state index in [9.17, 15) is 0 Å². The first kappa shape index (κ1) is 29.2. The predicted molar refractivity (Wildman–Crippen MR) is 211 cm³/mol. The van der Waals surface area contributed by atoms with Crippen LogP contribution >= 0.6 is 0 Å². The van der Waals surface area contributed by atoms with Crippen molar-refractivity contribution in [1.82, 2.24) is 0 Å². The van der Waals surface area contributed by atoms with Gasteiger partial charge in [-0.2, -0.15) is 0 Å². The van der Waals surface area contributed by atoms with E-state index in [4.69, 9.17) is 6.58 Å². The molecule has 49 heavy (non-hydrogen) atoms. The Morgan fingerprint density at radius 1 is 0.592 bits per heavy atom. The molecule has 0 saturated carbocycles. The Morgan fingerprint density at radius 3 is 1.88 bits per heavy atom. The molecule has 0 aromatic heterocycles. The van der Waals surface area contributed by atoms with Crippen LogP contribution in [0.3, 0.4) is 0 Å². The highest BCUT2D eigenvalue weighted by molar-refractivity contribution is 6.28. The number of rotatable bonds is 6. The molecule has 0 saturated heterocycles. The summed E-state index contributed by atoms with van der Waals surface area (Å²) in [5, 5.41) is 5.11. The molecule has 0 radical (unpaired) electrons. The summed E-state index contributed by atoms with van der Waals surface area (Å²) < 4.78 is 0. The summed E-state index contributed by atoms with van der Waals surface area (Å²) in [7, 11) is 0. The number of allylic oxidation sites excluding steroid dienone is 7. The molecular formula is C49H36. The van der Waals surface area contributed by atoms with Crippen molar-refractivity contribution in [3.8, 4) is 44.5 Å². The normalized spacial score (nSPS) is 13.5. The predicted octanol–water partition coefficient (Wildman–Crippen LogP) is 13.7. The zero-order valence-corrected chi connectivity index (χ0v) is 27.7. The fraction of sp³-hybridized carbons (Fsp3) is 0.0612. The van der Waals surface area contributed by atoms with Gasteiger partial charge in [0.15, 0.2) is 0 Å². The molecule has 0 heterocycles. The topological polar surface area (TPSA) is 0 Å². The SMILES string of the molecule is C=C(/C=C(/C1=CCCC=C1)c1ccccc1C)c1cc2c3c(cccc3c1)-c1c-2c(-c2ccccc2)c2ccccc2c1-c1ccccc1. The highest BCUT2D eigenvalue weighted by Crippen LogP contribution is 2.58. The molecule has 0 heteroatoms. The fourth-order valence-electron chi connectivity index (χ4n) is 8.07. The molecule has 2 aliphatic carbocycles. The van der Waals surface area contributed by atoms with Crippen molar-refractivity contribution in [3.63, 3.8) is 0 Å². The summed E-state index contributed by atoms with van der Waals surface area (Å²) >= 11 is 0. The number of hydrogen-bond donors (Lipinski definition) is 0. The van der Waals surface area contributed by atoms with Crippen LogP contribution in [-0.4, -0.2) is 0 Å². The van der Waals surface area contributed by atoms with Crippen molar-refractivity contribution in [3.05, 3.63) is 193 Å². The van der Waals surface area contributed by atoms with Gasteiger partial charge in [-0.25, -0.2) is 0 Å². The zero-order valence-electron chi connectivity index (χ0n) is 27.7. The van der Waals surface area contributed by atoms with E-state index >= 15 is 0 Å². The number of fused-ring (bicyclic) bond motifs is 4. The van der Waals surface area contributed by atoms with Crippen molar-refractivity contribution < 1.29 is 0 Å². The summed E-state index contributed by atoms with van der Waals surface area (Å²) in [6.07, 6.45) is 11.4. The van der Waals surface area contributed by atoms with Gasteiger partial charge in [0.2, 0.25) is 0 Å². The molecule has 0 fully saturated rings. The number of benzene rings is 7. The first-order valence-corrected chi connectivity index (χ1v) is 17.3. The van der Waals surface area contributed by atoms with E-state index in [1.165, 1.54) is 88.3 Å². The third kappa shape index (κ3) is 4.83. The van der Waals surface area contributed by atoms with Crippen LogP contribution in [0.5, 0.6) is 0 Å². The lowest BCUT2D eigenvalue weighted by molar-refractivity contribution is 1.03. The molecule has 0 spiro atoms. The Morgan fingerprint density at radius 2 is 1.22 bits per heavy atom. The molecule has 0 atom stereocenters. The van der Waals surface area contributed by atoms with Gasteiger partial charge in [-0.05, 0) is 137 Å². The summed E-state index contributed by atoms with van der Waals surface area (Å²) in [5.41, 5.74) is 17.5. The van der Waals surface area contributed by atoms with Crippen LogP contribution in [0.2, 0.25) is 0 Å². The molecule has 0 N–H and O–H groups in total. The Labute approximate surface area is 288 Å². The third-order valence-electron chi connectivity index (χ3n) is 10.3. The molecule has 2 aliphatic rings. The maximum atomic E-state index is 4.74. The van der Waals surface area contributed by atoms with E-state index in [1.807, 2.05) is 0 Å². The van der Waals surface area contributed by atoms with Gasteiger partial charge in [-0.3, -0.25) is 0 Å². The van der Waals surface area contributed by atoms with Crippen LogP contribution in [0, 0.1) is 6.92 Å². The maximum absolute atomic E-state index is 4.74. The Bertz CT molecular complexity index is 2540. The number of hydrogen-bond acceptors (Lipinski definition) is 0. The second-order valence-electron chi connectivity index (χ2n) is 13.2. The molecular weight excluding hydrogens is 589 g/mol. The van der Waals surface area contributed by atoms with E-state index in [1.54, 1.807) is 0 Å². The molecule has 7 aromatic carbocycles. The summed E-state index contributed by atoms with van der Waals surface area (Å²) in [6, 6.07) is 51.1. The van der Waals surface area contributed by atoms with Gasteiger partial charge in [0.1, 0.15) is 0 Å².